The van der Waals surface area contributed by atoms with Gasteiger partial charge in [0.1, 0.15) is 18.1 Å². The van der Waals surface area contributed by atoms with Crippen LogP contribution in [-0.2, 0) is 30.4 Å². The first-order valence-electron chi connectivity index (χ1n) is 14.9. The molecule has 0 fully saturated rings. The number of carbonyl (C=O) groups is 5. The third-order valence-corrected chi connectivity index (χ3v) is 6.90. The summed E-state index contributed by atoms with van der Waals surface area (Å²) < 4.78 is 0. The van der Waals surface area contributed by atoms with Crippen molar-refractivity contribution in [2.45, 2.75) is 91.4 Å². The van der Waals surface area contributed by atoms with Gasteiger partial charge in [0.05, 0.1) is 12.6 Å². The number of hydrogen-bond acceptors (Lipinski definition) is 6. The quantitative estimate of drug-likeness (QED) is 0.144. The van der Waals surface area contributed by atoms with Crippen molar-refractivity contribution in [2.24, 2.45) is 23.5 Å². The zero-order valence-corrected chi connectivity index (χ0v) is 26.0. The summed E-state index contributed by atoms with van der Waals surface area (Å²) in [4.78, 5) is 66.8. The van der Waals surface area contributed by atoms with Crippen LogP contribution in [0, 0.1) is 17.8 Å². The zero-order chi connectivity index (χ0) is 32.3. The molecule has 43 heavy (non-hydrogen) atoms. The molecular weight excluding hydrogens is 552 g/mol. The van der Waals surface area contributed by atoms with Crippen molar-refractivity contribution in [1.82, 2.24) is 26.3 Å². The van der Waals surface area contributed by atoms with E-state index in [0.717, 1.165) is 16.5 Å². The summed E-state index contributed by atoms with van der Waals surface area (Å²) in [6.07, 6.45) is 2.88. The Labute approximate surface area is 253 Å². The van der Waals surface area contributed by atoms with Gasteiger partial charge in [0.25, 0.3) is 0 Å². The maximum atomic E-state index is 13.3. The summed E-state index contributed by atoms with van der Waals surface area (Å²) in [5.74, 6) is -3.21. The average molecular weight is 601 g/mol. The van der Waals surface area contributed by atoms with Crippen molar-refractivity contribution in [3.8, 4) is 0 Å². The fourth-order valence-corrected chi connectivity index (χ4v) is 4.83. The first-order chi connectivity index (χ1) is 20.2. The van der Waals surface area contributed by atoms with Gasteiger partial charge in [-0.3, -0.25) is 19.2 Å². The molecule has 0 saturated heterocycles. The lowest BCUT2D eigenvalue weighted by atomic mass is 10.0. The molecule has 2 rings (SSSR count). The minimum atomic E-state index is -1.15. The van der Waals surface area contributed by atoms with Crippen molar-refractivity contribution in [3.63, 3.8) is 0 Å². The first-order valence-corrected chi connectivity index (χ1v) is 14.9. The van der Waals surface area contributed by atoms with Crippen LogP contribution in [0.25, 0.3) is 10.9 Å². The molecule has 2 aromatic rings. The van der Waals surface area contributed by atoms with Crippen LogP contribution >= 0.6 is 0 Å². The van der Waals surface area contributed by atoms with E-state index in [2.05, 4.69) is 26.3 Å². The highest BCUT2D eigenvalue weighted by molar-refractivity contribution is 5.94. The lowest BCUT2D eigenvalue weighted by Gasteiger charge is -2.24. The van der Waals surface area contributed by atoms with E-state index in [1.165, 1.54) is 0 Å². The Morgan fingerprint density at radius 3 is 1.95 bits per heavy atom. The second-order valence-corrected chi connectivity index (χ2v) is 12.4. The number of H-pyrrole nitrogens is 1. The molecule has 8 N–H and O–H groups in total. The Morgan fingerprint density at radius 2 is 1.35 bits per heavy atom. The van der Waals surface area contributed by atoms with Crippen LogP contribution in [0.2, 0.25) is 0 Å². The van der Waals surface area contributed by atoms with E-state index in [0.29, 0.717) is 6.42 Å². The SMILES string of the molecule is CC(C)C[C@H](NC(=O)[C@H](CC(C)C)NC(=O)CNC(=O)[C@H](Cc1c[nH]c2ccccc12)NC(=O)[C@@H](N)CC(C)C)C(=O)O. The summed E-state index contributed by atoms with van der Waals surface area (Å²) >= 11 is 0. The van der Waals surface area contributed by atoms with Gasteiger partial charge in [-0.1, -0.05) is 59.7 Å². The van der Waals surface area contributed by atoms with Crippen molar-refractivity contribution >= 4 is 40.5 Å². The third-order valence-electron chi connectivity index (χ3n) is 6.90. The molecule has 0 unspecified atom stereocenters. The largest absolute Gasteiger partial charge is 0.480 e. The minimum absolute atomic E-state index is 0.0184. The van der Waals surface area contributed by atoms with Crippen LogP contribution in [0.5, 0.6) is 0 Å². The summed E-state index contributed by atoms with van der Waals surface area (Å²) in [6, 6.07) is 3.68. The van der Waals surface area contributed by atoms with Gasteiger partial charge in [0.2, 0.25) is 23.6 Å². The summed E-state index contributed by atoms with van der Waals surface area (Å²) in [6.45, 7) is 10.9. The number of amides is 4. The number of fused-ring (bicyclic) bond motifs is 1. The number of carboxylic acids is 1. The minimum Gasteiger partial charge on any atom is -0.480 e. The molecule has 0 radical (unpaired) electrons. The number of para-hydroxylation sites is 1. The number of benzene rings is 1. The van der Waals surface area contributed by atoms with E-state index < -0.39 is 60.3 Å². The smallest absolute Gasteiger partial charge is 0.326 e. The van der Waals surface area contributed by atoms with E-state index in [4.69, 9.17) is 5.73 Å². The second-order valence-electron chi connectivity index (χ2n) is 12.4. The van der Waals surface area contributed by atoms with Crippen LogP contribution in [-0.4, -0.2) is 70.4 Å². The fraction of sp³-hybridized carbons (Fsp3) is 0.581. The first kappa shape index (κ1) is 35.3. The van der Waals surface area contributed by atoms with Gasteiger partial charge in [-0.15, -0.1) is 0 Å². The molecule has 12 heteroatoms. The van der Waals surface area contributed by atoms with Crippen LogP contribution in [0.15, 0.2) is 30.5 Å². The molecule has 1 heterocycles. The van der Waals surface area contributed by atoms with Gasteiger partial charge in [0, 0.05) is 23.5 Å². The van der Waals surface area contributed by atoms with Crippen molar-refractivity contribution < 1.29 is 29.1 Å². The summed E-state index contributed by atoms with van der Waals surface area (Å²) in [5.41, 5.74) is 7.75. The van der Waals surface area contributed by atoms with Gasteiger partial charge < -0.3 is 37.1 Å². The Kier molecular flexibility index (Phi) is 13.6. The Balaban J connectivity index is 2.13. The lowest BCUT2D eigenvalue weighted by Crippen LogP contribution is -2.55. The zero-order valence-electron chi connectivity index (χ0n) is 26.0. The highest BCUT2D eigenvalue weighted by Gasteiger charge is 2.29. The molecule has 1 aromatic carbocycles. The molecule has 4 atom stereocenters. The highest BCUT2D eigenvalue weighted by atomic mass is 16.4. The van der Waals surface area contributed by atoms with E-state index in [1.54, 1.807) is 6.20 Å². The molecule has 4 amide bonds. The molecule has 0 aliphatic rings. The third kappa shape index (κ3) is 11.7. The Morgan fingerprint density at radius 1 is 0.767 bits per heavy atom. The fourth-order valence-electron chi connectivity index (χ4n) is 4.83. The number of rotatable bonds is 17. The summed E-state index contributed by atoms with van der Waals surface area (Å²) in [5, 5.41) is 20.9. The molecule has 0 aliphatic carbocycles. The van der Waals surface area contributed by atoms with Crippen LogP contribution in [0.1, 0.15) is 66.4 Å². The number of aromatic nitrogens is 1. The Bertz CT molecular complexity index is 1260. The lowest BCUT2D eigenvalue weighted by molar-refractivity contribution is -0.142. The van der Waals surface area contributed by atoms with Gasteiger partial charge in [-0.05, 0) is 48.6 Å². The highest BCUT2D eigenvalue weighted by Crippen LogP contribution is 2.19. The van der Waals surface area contributed by atoms with Crippen molar-refractivity contribution in [3.05, 3.63) is 36.0 Å². The number of carboxylic acid groups (broad SMARTS) is 1. The predicted octanol–water partition coefficient (Wildman–Crippen LogP) is 1.83. The molecule has 0 aliphatic heterocycles. The Hall–Kier alpha value is -3.93. The maximum Gasteiger partial charge on any atom is 0.326 e. The van der Waals surface area contributed by atoms with Crippen molar-refractivity contribution in [1.29, 1.82) is 0 Å². The van der Waals surface area contributed by atoms with Gasteiger partial charge >= 0.3 is 5.97 Å². The number of carbonyl (C=O) groups excluding carboxylic acids is 4. The number of aliphatic carboxylic acids is 1. The van der Waals surface area contributed by atoms with Crippen LogP contribution in [0.4, 0.5) is 0 Å². The standard InChI is InChI=1S/C31H48N6O6/c1-17(2)11-22(32)28(39)36-25(14-20-15-33-23-10-8-7-9-21(20)23)29(40)34-16-27(38)35-24(12-18(3)4)30(41)37-26(31(42)43)13-19(5)6/h7-10,15,17-19,22,24-26,33H,11-14,16,32H2,1-6H3,(H,34,40)(H,35,38)(H,36,39)(H,37,41)(H,42,43)/t22-,24-,25-,26-/m0/s1. The summed E-state index contributed by atoms with van der Waals surface area (Å²) in [7, 11) is 0. The topological polar surface area (TPSA) is 196 Å². The molecule has 0 bridgehead atoms. The van der Waals surface area contributed by atoms with Crippen LogP contribution < -0.4 is 27.0 Å². The molecule has 0 spiro atoms. The molecule has 0 saturated carbocycles. The molecule has 12 nitrogen and oxygen atoms in total. The van der Waals surface area contributed by atoms with Gasteiger partial charge in [-0.2, -0.15) is 0 Å². The van der Waals surface area contributed by atoms with Gasteiger partial charge in [0.15, 0.2) is 0 Å². The second kappa shape index (κ2) is 16.6. The maximum absolute atomic E-state index is 13.3. The van der Waals surface area contributed by atoms with E-state index in [9.17, 15) is 29.1 Å². The molecule has 1 aromatic heterocycles. The normalized spacial score (nSPS) is 14.3. The molecule has 238 valence electrons. The van der Waals surface area contributed by atoms with Gasteiger partial charge in [-0.25, -0.2) is 4.79 Å². The van der Waals surface area contributed by atoms with Crippen LogP contribution in [0.3, 0.4) is 0 Å². The monoisotopic (exact) mass is 600 g/mol. The number of nitrogens with two attached hydrogens (primary N) is 1. The number of nitrogens with one attached hydrogen (secondary N) is 5. The van der Waals surface area contributed by atoms with E-state index in [-0.39, 0.29) is 37.0 Å². The molecular formula is C31H48N6O6. The number of aromatic amines is 1. The van der Waals surface area contributed by atoms with Crippen molar-refractivity contribution in [2.75, 3.05) is 6.54 Å². The van der Waals surface area contributed by atoms with E-state index >= 15 is 0 Å². The predicted molar refractivity (Wildman–Crippen MR) is 165 cm³/mol. The number of hydrogen-bond donors (Lipinski definition) is 7. The van der Waals surface area contributed by atoms with E-state index in [1.807, 2.05) is 65.8 Å². The average Bonchev–Trinajstić information content (AvgIpc) is 3.32.